The van der Waals surface area contributed by atoms with Crippen LogP contribution in [0.15, 0.2) is 0 Å². The fraction of sp³-hybridized carbons (Fsp3) is 0.808. The quantitative estimate of drug-likeness (QED) is 0.313. The van der Waals surface area contributed by atoms with Gasteiger partial charge >= 0.3 is 18.2 Å². The van der Waals surface area contributed by atoms with Crippen LogP contribution < -0.4 is 16.0 Å². The summed E-state index contributed by atoms with van der Waals surface area (Å²) in [6, 6.07) is -0.920. The van der Waals surface area contributed by atoms with E-state index in [1.165, 1.54) is 4.90 Å². The Morgan fingerprint density at radius 3 is 2.50 bits per heavy atom. The second-order valence-corrected chi connectivity index (χ2v) is 11.7. The number of halogens is 3. The molecule has 2 saturated carbocycles. The highest BCUT2D eigenvalue weighted by molar-refractivity contribution is 6.35. The minimum atomic E-state index is -5.00. The molecule has 8 atom stereocenters. The smallest absolute Gasteiger partial charge is 0.381 e. The maximum Gasteiger partial charge on any atom is 0.522 e. The van der Waals surface area contributed by atoms with Crippen molar-refractivity contribution in [3.05, 3.63) is 0 Å². The van der Waals surface area contributed by atoms with Gasteiger partial charge in [-0.05, 0) is 55.3 Å². The average Bonchev–Trinajstić information content (AvgIpc) is 3.47. The van der Waals surface area contributed by atoms with E-state index in [9.17, 15) is 37.1 Å². The summed E-state index contributed by atoms with van der Waals surface area (Å²) in [5, 5.41) is 7.98. The molecule has 0 radical (unpaired) electrons. The number of nitrogens with one attached hydrogen (secondary N) is 3. The summed E-state index contributed by atoms with van der Waals surface area (Å²) in [5.74, 6) is -3.93. The predicted molar refractivity (Wildman–Crippen MR) is 130 cm³/mol. The van der Waals surface area contributed by atoms with Crippen molar-refractivity contribution in [2.24, 2.45) is 41.4 Å². The summed E-state index contributed by atoms with van der Waals surface area (Å²) >= 11 is 0. The lowest BCUT2D eigenvalue weighted by Crippen LogP contribution is -2.53. The second kappa shape index (κ2) is 11.6. The number of amides is 4. The molecule has 0 aromatic rings. The number of fused-ring (bicyclic) bond motifs is 2. The Balaban J connectivity index is 1.21. The SMILES string of the molecule is O=C(NCC1[C@H]2COC[C@@H]12)C(=O)N1C[C@@H]2CCC[C@@H]2[C@H]1C(=O)NC[C@@H](C[C@@H]1CCNC1=O)C(=O)COC(F)(F)F. The Morgan fingerprint density at radius 2 is 1.82 bits per heavy atom. The van der Waals surface area contributed by atoms with Gasteiger partial charge in [0.2, 0.25) is 11.8 Å². The Labute approximate surface area is 229 Å². The van der Waals surface area contributed by atoms with Gasteiger partial charge in [0, 0.05) is 38.0 Å². The third-order valence-electron chi connectivity index (χ3n) is 9.33. The molecule has 0 aromatic heterocycles. The van der Waals surface area contributed by atoms with Crippen LogP contribution in [0.1, 0.15) is 32.1 Å². The molecule has 5 fully saturated rings. The van der Waals surface area contributed by atoms with Gasteiger partial charge in [0.05, 0.1) is 13.2 Å². The summed E-state index contributed by atoms with van der Waals surface area (Å²) < 4.78 is 46.7. The molecule has 0 aromatic carbocycles. The number of hydrogen-bond acceptors (Lipinski definition) is 7. The lowest BCUT2D eigenvalue weighted by Gasteiger charge is -2.27. The molecule has 3 heterocycles. The third-order valence-corrected chi connectivity index (χ3v) is 9.33. The Morgan fingerprint density at radius 1 is 1.07 bits per heavy atom. The van der Waals surface area contributed by atoms with Gasteiger partial charge < -0.3 is 25.6 Å². The van der Waals surface area contributed by atoms with E-state index < -0.39 is 54.4 Å². The van der Waals surface area contributed by atoms with Crippen LogP contribution in [0.25, 0.3) is 0 Å². The summed E-state index contributed by atoms with van der Waals surface area (Å²) in [7, 11) is 0. The summed E-state index contributed by atoms with van der Waals surface area (Å²) in [6.07, 6.45) is -2.21. The maximum atomic E-state index is 13.4. The van der Waals surface area contributed by atoms with Crippen molar-refractivity contribution in [3.63, 3.8) is 0 Å². The van der Waals surface area contributed by atoms with E-state index in [0.29, 0.717) is 56.9 Å². The van der Waals surface area contributed by atoms with Gasteiger partial charge in [-0.1, -0.05) is 6.42 Å². The normalized spacial score (nSPS) is 33.2. The number of likely N-dealkylation sites (tertiary alicyclic amines) is 1. The van der Waals surface area contributed by atoms with Gasteiger partial charge in [-0.2, -0.15) is 0 Å². The van der Waals surface area contributed by atoms with E-state index in [1.807, 2.05) is 0 Å². The maximum absolute atomic E-state index is 13.4. The fourth-order valence-corrected chi connectivity index (χ4v) is 7.07. The summed E-state index contributed by atoms with van der Waals surface area (Å²) in [5.41, 5.74) is 0. The first kappa shape index (κ1) is 28.8. The van der Waals surface area contributed by atoms with Crippen LogP contribution >= 0.6 is 0 Å². The van der Waals surface area contributed by atoms with Crippen molar-refractivity contribution in [2.75, 3.05) is 46.0 Å². The number of hydrogen-bond donors (Lipinski definition) is 3. The molecular formula is C26H35F3N4O7. The number of ether oxygens (including phenoxy) is 2. The van der Waals surface area contributed by atoms with Crippen LogP contribution in [0.2, 0.25) is 0 Å². The molecule has 40 heavy (non-hydrogen) atoms. The van der Waals surface area contributed by atoms with Gasteiger partial charge in [0.25, 0.3) is 0 Å². The number of carbonyl (C=O) groups is 5. The zero-order valence-corrected chi connectivity index (χ0v) is 22.0. The van der Waals surface area contributed by atoms with Crippen LogP contribution in [0.3, 0.4) is 0 Å². The molecule has 1 unspecified atom stereocenters. The van der Waals surface area contributed by atoms with E-state index in [0.717, 1.165) is 12.8 Å². The third kappa shape index (κ3) is 6.27. The van der Waals surface area contributed by atoms with Gasteiger partial charge in [-0.3, -0.25) is 28.7 Å². The molecule has 4 amide bonds. The molecule has 3 aliphatic heterocycles. The molecule has 2 aliphatic carbocycles. The Hall–Kier alpha value is -2.74. The average molecular weight is 573 g/mol. The molecule has 5 aliphatic rings. The number of nitrogens with zero attached hydrogens (tertiary/aromatic N) is 1. The van der Waals surface area contributed by atoms with E-state index in [4.69, 9.17) is 4.74 Å². The van der Waals surface area contributed by atoms with E-state index in [-0.39, 0.29) is 37.3 Å². The monoisotopic (exact) mass is 572 g/mol. The van der Waals surface area contributed by atoms with Gasteiger partial charge in [-0.15, -0.1) is 13.2 Å². The minimum absolute atomic E-state index is 0.0396. The van der Waals surface area contributed by atoms with Crippen LogP contribution in [0, 0.1) is 41.4 Å². The second-order valence-electron chi connectivity index (χ2n) is 11.7. The number of carbonyl (C=O) groups excluding carboxylic acids is 5. The number of rotatable bonds is 10. The Kier molecular flexibility index (Phi) is 8.37. The molecule has 14 heteroatoms. The van der Waals surface area contributed by atoms with Crippen molar-refractivity contribution < 1.29 is 46.6 Å². The highest BCUT2D eigenvalue weighted by Crippen LogP contribution is 2.50. The molecular weight excluding hydrogens is 537 g/mol. The lowest BCUT2D eigenvalue weighted by molar-refractivity contribution is -0.321. The fourth-order valence-electron chi connectivity index (χ4n) is 7.07. The minimum Gasteiger partial charge on any atom is -0.381 e. The topological polar surface area (TPSA) is 143 Å². The molecule has 222 valence electrons. The van der Waals surface area contributed by atoms with Gasteiger partial charge in [-0.25, -0.2) is 0 Å². The number of alkyl halides is 3. The zero-order valence-electron chi connectivity index (χ0n) is 22.0. The standard InChI is InChI=1S/C26H35F3N4O7/c27-26(28,29)40-12-20(34)15(6-13-4-5-30-22(13)35)7-31-23(36)21-16-3-1-2-14(16)9-33(21)25(38)24(37)32-8-17-18-10-39-11-19(17)18/h13-19,21H,1-12H2,(H,30,35)(H,31,36)(H,32,37)/t13-,14-,15+,16-,17?,18-,19+,21-/m0/s1. The van der Waals surface area contributed by atoms with Crippen molar-refractivity contribution in [2.45, 2.75) is 44.5 Å². The summed E-state index contributed by atoms with van der Waals surface area (Å²) in [6.45, 7) is 0.822. The first-order valence-electron chi connectivity index (χ1n) is 14.0. The molecule has 0 bridgehead atoms. The largest absolute Gasteiger partial charge is 0.522 e. The highest BCUT2D eigenvalue weighted by Gasteiger charge is 2.54. The molecule has 0 spiro atoms. The molecule has 5 rings (SSSR count). The lowest BCUT2D eigenvalue weighted by atomic mass is 9.89. The molecule has 3 N–H and O–H groups in total. The van der Waals surface area contributed by atoms with E-state index in [2.05, 4.69) is 20.7 Å². The number of Topliss-reactive ketones (excluding diaryl/α,β-unsaturated/α-hetero) is 1. The van der Waals surface area contributed by atoms with E-state index in [1.54, 1.807) is 0 Å². The predicted octanol–water partition coefficient (Wildman–Crippen LogP) is -0.0138. The van der Waals surface area contributed by atoms with Crippen LogP contribution in [0.5, 0.6) is 0 Å². The summed E-state index contributed by atoms with van der Waals surface area (Å²) in [4.78, 5) is 65.3. The highest BCUT2D eigenvalue weighted by atomic mass is 19.4. The van der Waals surface area contributed by atoms with Crippen molar-refractivity contribution in [1.82, 2.24) is 20.9 Å². The van der Waals surface area contributed by atoms with Crippen molar-refractivity contribution in [1.29, 1.82) is 0 Å². The van der Waals surface area contributed by atoms with Gasteiger partial charge in [0.1, 0.15) is 12.6 Å². The number of ketones is 1. The molecule has 11 nitrogen and oxygen atoms in total. The van der Waals surface area contributed by atoms with Crippen molar-refractivity contribution >= 4 is 29.4 Å². The first-order valence-corrected chi connectivity index (χ1v) is 14.0. The van der Waals surface area contributed by atoms with Gasteiger partial charge in [0.15, 0.2) is 5.78 Å². The first-order chi connectivity index (χ1) is 19.0. The zero-order chi connectivity index (χ0) is 28.6. The molecule has 3 saturated heterocycles. The Bertz CT molecular complexity index is 1030. The van der Waals surface area contributed by atoms with Crippen molar-refractivity contribution in [3.8, 4) is 0 Å². The van der Waals surface area contributed by atoms with E-state index >= 15 is 0 Å². The van der Waals surface area contributed by atoms with Crippen LogP contribution in [-0.2, 0) is 33.4 Å². The van der Waals surface area contributed by atoms with Crippen LogP contribution in [-0.4, -0.2) is 92.7 Å². The van der Waals surface area contributed by atoms with Crippen LogP contribution in [0.4, 0.5) is 13.2 Å².